The van der Waals surface area contributed by atoms with Gasteiger partial charge in [-0.05, 0) is 31.9 Å². The molecule has 0 bridgehead atoms. The molecule has 1 atom stereocenters. The van der Waals surface area contributed by atoms with Crippen molar-refractivity contribution in [2.75, 3.05) is 21.3 Å². The molecule has 1 aliphatic rings. The minimum absolute atomic E-state index is 0.238. The number of aromatic amines is 1. The van der Waals surface area contributed by atoms with Gasteiger partial charge in [0.05, 0.1) is 32.6 Å². The first kappa shape index (κ1) is 20.5. The van der Waals surface area contributed by atoms with Crippen LogP contribution in [0.4, 0.5) is 0 Å². The Bertz CT molecular complexity index is 918. The number of H-pyrrole nitrogens is 1. The Balaban J connectivity index is 1.88. The molecular weight excluding hydrogens is 376 g/mol. The molecule has 1 aliphatic heterocycles. The fraction of sp³-hybridized carbons (Fsp3) is 0.450. The van der Waals surface area contributed by atoms with Gasteiger partial charge in [0.1, 0.15) is 5.75 Å². The molecule has 0 radical (unpaired) electrons. The normalized spacial score (nSPS) is 15.7. The lowest BCUT2D eigenvalue weighted by atomic mass is 10.1. The molecule has 156 valence electrons. The summed E-state index contributed by atoms with van der Waals surface area (Å²) in [5.41, 5.74) is 3.71. The number of carbonyl (C=O) groups is 1. The molecule has 29 heavy (non-hydrogen) atoms. The fourth-order valence-corrected chi connectivity index (χ4v) is 3.33. The average molecular weight is 402 g/mol. The highest BCUT2D eigenvalue weighted by Crippen LogP contribution is 2.41. The average Bonchev–Trinajstić information content (AvgIpc) is 3.28. The zero-order chi connectivity index (χ0) is 21.1. The van der Waals surface area contributed by atoms with E-state index >= 15 is 0 Å². The van der Waals surface area contributed by atoms with Crippen molar-refractivity contribution in [1.82, 2.24) is 15.2 Å². The van der Waals surface area contributed by atoms with Crippen LogP contribution in [0, 0.1) is 13.8 Å². The summed E-state index contributed by atoms with van der Waals surface area (Å²) in [5, 5.41) is 12.9. The van der Waals surface area contributed by atoms with Crippen molar-refractivity contribution in [3.05, 3.63) is 34.6 Å². The number of nitrogens with zero attached hydrogens (tertiary/aromatic N) is 3. The summed E-state index contributed by atoms with van der Waals surface area (Å²) in [6, 6.07) is 3.44. The molecule has 2 heterocycles. The van der Waals surface area contributed by atoms with E-state index in [-0.39, 0.29) is 5.91 Å². The summed E-state index contributed by atoms with van der Waals surface area (Å²) in [6.45, 7) is 5.38. The number of methoxy groups -OCH3 is 3. The molecule has 0 saturated heterocycles. The third-order valence-corrected chi connectivity index (χ3v) is 4.88. The zero-order valence-electron chi connectivity index (χ0n) is 17.5. The van der Waals surface area contributed by atoms with E-state index in [4.69, 9.17) is 18.9 Å². The Labute approximate surface area is 169 Å². The molecule has 2 aromatic rings. The molecule has 1 aromatic carbocycles. The molecule has 3 rings (SSSR count). The molecule has 0 aliphatic carbocycles. The number of carbonyl (C=O) groups excluding carboxylic acids is 1. The van der Waals surface area contributed by atoms with E-state index in [9.17, 15) is 4.79 Å². The van der Waals surface area contributed by atoms with Crippen molar-refractivity contribution in [1.29, 1.82) is 0 Å². The maximum absolute atomic E-state index is 12.2. The lowest BCUT2D eigenvalue weighted by molar-refractivity contribution is -0.135. The predicted molar refractivity (Wildman–Crippen MR) is 106 cm³/mol. The number of benzene rings is 1. The van der Waals surface area contributed by atoms with Gasteiger partial charge in [0.15, 0.2) is 11.5 Å². The molecule has 0 fully saturated rings. The van der Waals surface area contributed by atoms with E-state index in [0.717, 1.165) is 17.0 Å². The standard InChI is InChI=1S/C20H26N4O5/c1-11-14(12(2)22-21-11)7-8-19-23-24(13(3)25)20(29-19)15-9-17(27-5)18(28-6)10-16(15)26-4/h9-10,20H,7-8H2,1-6H3,(H,21,22). The summed E-state index contributed by atoms with van der Waals surface area (Å²) < 4.78 is 22.3. The number of hydrazone groups is 1. The molecule has 1 amide bonds. The fourth-order valence-electron chi connectivity index (χ4n) is 3.33. The van der Waals surface area contributed by atoms with Gasteiger partial charge in [-0.2, -0.15) is 10.1 Å². The zero-order valence-corrected chi connectivity index (χ0v) is 17.5. The summed E-state index contributed by atoms with van der Waals surface area (Å²) in [7, 11) is 4.64. The van der Waals surface area contributed by atoms with Crippen LogP contribution < -0.4 is 14.2 Å². The number of rotatable bonds is 7. The highest BCUT2D eigenvalue weighted by atomic mass is 16.5. The first-order valence-corrected chi connectivity index (χ1v) is 9.23. The number of aromatic nitrogens is 2. The van der Waals surface area contributed by atoms with Gasteiger partial charge in [0.25, 0.3) is 0 Å². The van der Waals surface area contributed by atoms with Crippen LogP contribution in [0.1, 0.15) is 42.1 Å². The molecule has 1 unspecified atom stereocenters. The van der Waals surface area contributed by atoms with Gasteiger partial charge < -0.3 is 18.9 Å². The van der Waals surface area contributed by atoms with E-state index in [2.05, 4.69) is 15.3 Å². The topological polar surface area (TPSA) is 98.3 Å². The van der Waals surface area contributed by atoms with Gasteiger partial charge in [-0.1, -0.05) is 0 Å². The quantitative estimate of drug-likeness (QED) is 0.765. The van der Waals surface area contributed by atoms with Crippen molar-refractivity contribution in [3.63, 3.8) is 0 Å². The van der Waals surface area contributed by atoms with Crippen LogP contribution in [0.5, 0.6) is 17.2 Å². The lowest BCUT2D eigenvalue weighted by Gasteiger charge is -2.22. The molecule has 1 aromatic heterocycles. The van der Waals surface area contributed by atoms with Crippen LogP contribution in [-0.2, 0) is 16.0 Å². The van der Waals surface area contributed by atoms with E-state index in [1.165, 1.54) is 11.9 Å². The first-order valence-electron chi connectivity index (χ1n) is 9.23. The van der Waals surface area contributed by atoms with Crippen LogP contribution in [0.2, 0.25) is 0 Å². The second kappa shape index (κ2) is 8.42. The van der Waals surface area contributed by atoms with Crippen molar-refractivity contribution in [2.45, 2.75) is 39.8 Å². The molecule has 0 saturated carbocycles. The molecule has 9 nitrogen and oxygen atoms in total. The van der Waals surface area contributed by atoms with Crippen LogP contribution in [-0.4, -0.2) is 48.3 Å². The number of hydrogen-bond donors (Lipinski definition) is 1. The Kier molecular flexibility index (Phi) is 5.95. The SMILES string of the molecule is COc1cc(OC)c(C2OC(CCc3c(C)n[nH]c3C)=NN2C(C)=O)cc1OC. The number of amides is 1. The lowest BCUT2D eigenvalue weighted by Crippen LogP contribution is -2.25. The monoisotopic (exact) mass is 402 g/mol. The van der Waals surface area contributed by atoms with Gasteiger partial charge in [0, 0.05) is 25.1 Å². The number of aryl methyl sites for hydroxylation is 2. The number of nitrogens with one attached hydrogen (secondary N) is 1. The van der Waals surface area contributed by atoms with Crippen molar-refractivity contribution >= 4 is 11.8 Å². The van der Waals surface area contributed by atoms with Crippen molar-refractivity contribution in [3.8, 4) is 17.2 Å². The van der Waals surface area contributed by atoms with Crippen molar-refractivity contribution in [2.24, 2.45) is 5.10 Å². The molecule has 9 heteroatoms. The van der Waals surface area contributed by atoms with Gasteiger partial charge in [-0.15, -0.1) is 5.10 Å². The van der Waals surface area contributed by atoms with E-state index < -0.39 is 6.23 Å². The summed E-state index contributed by atoms with van der Waals surface area (Å²) in [5.74, 6) is 1.78. The maximum atomic E-state index is 12.2. The maximum Gasteiger partial charge on any atom is 0.243 e. The van der Waals surface area contributed by atoms with Gasteiger partial charge >= 0.3 is 0 Å². The summed E-state index contributed by atoms with van der Waals surface area (Å²) in [4.78, 5) is 12.2. The highest BCUT2D eigenvalue weighted by molar-refractivity contribution is 5.83. The number of hydrogen-bond acceptors (Lipinski definition) is 7. The Morgan fingerprint density at radius 1 is 1.10 bits per heavy atom. The van der Waals surface area contributed by atoms with Gasteiger partial charge in [-0.3, -0.25) is 9.89 Å². The highest BCUT2D eigenvalue weighted by Gasteiger charge is 2.35. The second-order valence-corrected chi connectivity index (χ2v) is 6.69. The molecular formula is C20H26N4O5. The van der Waals surface area contributed by atoms with Crippen molar-refractivity contribution < 1.29 is 23.7 Å². The molecule has 1 N–H and O–H groups in total. The molecule has 0 spiro atoms. The minimum Gasteiger partial charge on any atom is -0.496 e. The van der Waals surface area contributed by atoms with Crippen LogP contribution in [0.3, 0.4) is 0 Å². The van der Waals surface area contributed by atoms with E-state index in [1.54, 1.807) is 33.5 Å². The smallest absolute Gasteiger partial charge is 0.243 e. The second-order valence-electron chi connectivity index (χ2n) is 6.69. The number of ether oxygens (including phenoxy) is 4. The van der Waals surface area contributed by atoms with Crippen LogP contribution >= 0.6 is 0 Å². The Morgan fingerprint density at radius 2 is 1.76 bits per heavy atom. The van der Waals surface area contributed by atoms with Crippen LogP contribution in [0.25, 0.3) is 0 Å². The minimum atomic E-state index is -0.746. The summed E-state index contributed by atoms with van der Waals surface area (Å²) in [6.07, 6.45) is 0.495. The van der Waals surface area contributed by atoms with E-state index in [1.807, 2.05) is 13.8 Å². The van der Waals surface area contributed by atoms with Gasteiger partial charge in [0.2, 0.25) is 18.0 Å². The van der Waals surface area contributed by atoms with E-state index in [0.29, 0.717) is 41.6 Å². The van der Waals surface area contributed by atoms with Gasteiger partial charge in [-0.25, -0.2) is 0 Å². The largest absolute Gasteiger partial charge is 0.496 e. The Morgan fingerprint density at radius 3 is 2.31 bits per heavy atom. The predicted octanol–water partition coefficient (Wildman–Crippen LogP) is 2.88. The first-order chi connectivity index (χ1) is 13.9. The summed E-state index contributed by atoms with van der Waals surface area (Å²) >= 11 is 0. The van der Waals surface area contributed by atoms with Crippen LogP contribution in [0.15, 0.2) is 17.2 Å². The third-order valence-electron chi connectivity index (χ3n) is 4.88. The third kappa shape index (κ3) is 3.98. The Hall–Kier alpha value is -3.23.